The minimum Gasteiger partial charge on any atom is -0.497 e. The Morgan fingerprint density at radius 2 is 1.90 bits per heavy atom. The fourth-order valence-corrected chi connectivity index (χ4v) is 1.56. The lowest BCUT2D eigenvalue weighted by Gasteiger charge is -2.09. The second kappa shape index (κ2) is 5.92. The number of aromatic carboxylic acids is 1. The fourth-order valence-electron chi connectivity index (χ4n) is 1.56. The van der Waals surface area contributed by atoms with E-state index in [9.17, 15) is 9.59 Å². The minimum atomic E-state index is -1.12. The Kier molecular flexibility index (Phi) is 4.05. The molecule has 0 bridgehead atoms. The van der Waals surface area contributed by atoms with Crippen molar-refractivity contribution in [1.82, 2.24) is 4.73 Å². The highest BCUT2D eigenvalue weighted by molar-refractivity contribution is 5.87. The SMILES string of the molecule is COc1ccc(COn2cc(C(=O)O)ccc2=O)cc1. The summed E-state index contributed by atoms with van der Waals surface area (Å²) in [5.41, 5.74) is 0.390. The van der Waals surface area contributed by atoms with E-state index in [1.165, 1.54) is 6.07 Å². The molecule has 1 N–H and O–H groups in total. The maximum Gasteiger partial charge on any atom is 0.337 e. The summed E-state index contributed by atoms with van der Waals surface area (Å²) < 4.78 is 5.94. The average Bonchev–Trinajstić information content (AvgIpc) is 2.46. The highest BCUT2D eigenvalue weighted by Gasteiger charge is 2.06. The molecule has 0 aliphatic rings. The van der Waals surface area contributed by atoms with Crippen molar-refractivity contribution in [1.29, 1.82) is 0 Å². The number of hydrogen-bond donors (Lipinski definition) is 1. The number of carboxylic acids is 1. The Morgan fingerprint density at radius 1 is 1.20 bits per heavy atom. The lowest BCUT2D eigenvalue weighted by molar-refractivity contribution is 0.0674. The van der Waals surface area contributed by atoms with Gasteiger partial charge < -0.3 is 14.7 Å². The van der Waals surface area contributed by atoms with Crippen molar-refractivity contribution >= 4 is 5.97 Å². The Morgan fingerprint density at radius 3 is 2.50 bits per heavy atom. The van der Waals surface area contributed by atoms with Crippen LogP contribution in [0.5, 0.6) is 5.75 Å². The Labute approximate surface area is 114 Å². The van der Waals surface area contributed by atoms with Gasteiger partial charge in [-0.05, 0) is 23.8 Å². The lowest BCUT2D eigenvalue weighted by atomic mass is 10.2. The minimum absolute atomic E-state index is 0.0145. The number of hydrogen-bond acceptors (Lipinski definition) is 4. The molecule has 2 aromatic rings. The van der Waals surface area contributed by atoms with Gasteiger partial charge in [-0.25, -0.2) is 4.79 Å². The number of benzene rings is 1. The Bertz CT molecular complexity index is 660. The van der Waals surface area contributed by atoms with Crippen molar-refractivity contribution in [3.05, 3.63) is 64.1 Å². The third kappa shape index (κ3) is 3.17. The summed E-state index contributed by atoms with van der Waals surface area (Å²) in [7, 11) is 1.57. The monoisotopic (exact) mass is 275 g/mol. The number of carbonyl (C=O) groups is 1. The van der Waals surface area contributed by atoms with E-state index in [2.05, 4.69) is 0 Å². The highest BCUT2D eigenvalue weighted by Crippen LogP contribution is 2.11. The molecule has 2 rings (SSSR count). The summed E-state index contributed by atoms with van der Waals surface area (Å²) >= 11 is 0. The molecule has 0 radical (unpaired) electrons. The first kappa shape index (κ1) is 13.7. The van der Waals surface area contributed by atoms with Crippen LogP contribution in [0.25, 0.3) is 0 Å². The highest BCUT2D eigenvalue weighted by atomic mass is 16.7. The molecule has 104 valence electrons. The summed E-state index contributed by atoms with van der Waals surface area (Å²) in [5, 5.41) is 8.86. The molecule has 6 nitrogen and oxygen atoms in total. The third-order valence-corrected chi connectivity index (χ3v) is 2.66. The third-order valence-electron chi connectivity index (χ3n) is 2.66. The van der Waals surface area contributed by atoms with E-state index < -0.39 is 11.5 Å². The predicted molar refractivity (Wildman–Crippen MR) is 70.9 cm³/mol. The van der Waals surface area contributed by atoms with Crippen molar-refractivity contribution in [2.45, 2.75) is 6.61 Å². The number of ether oxygens (including phenoxy) is 1. The molecular weight excluding hydrogens is 262 g/mol. The van der Waals surface area contributed by atoms with E-state index in [-0.39, 0.29) is 12.2 Å². The zero-order chi connectivity index (χ0) is 14.5. The van der Waals surface area contributed by atoms with E-state index in [4.69, 9.17) is 14.7 Å². The first-order valence-corrected chi connectivity index (χ1v) is 5.82. The molecule has 1 aromatic carbocycles. The van der Waals surface area contributed by atoms with Crippen LogP contribution in [0, 0.1) is 0 Å². The summed E-state index contributed by atoms with van der Waals surface area (Å²) in [6.07, 6.45) is 1.15. The van der Waals surface area contributed by atoms with Gasteiger partial charge >= 0.3 is 5.97 Å². The van der Waals surface area contributed by atoms with Gasteiger partial charge in [0.25, 0.3) is 5.56 Å². The van der Waals surface area contributed by atoms with Crippen LogP contribution >= 0.6 is 0 Å². The number of rotatable bonds is 5. The van der Waals surface area contributed by atoms with Crippen LogP contribution in [0.3, 0.4) is 0 Å². The van der Waals surface area contributed by atoms with Gasteiger partial charge in [-0.3, -0.25) is 4.79 Å². The Balaban J connectivity index is 2.11. The van der Waals surface area contributed by atoms with Gasteiger partial charge in [0.2, 0.25) is 0 Å². The second-order valence-corrected chi connectivity index (χ2v) is 4.01. The first-order valence-electron chi connectivity index (χ1n) is 5.82. The van der Waals surface area contributed by atoms with Crippen molar-refractivity contribution in [2.24, 2.45) is 0 Å². The van der Waals surface area contributed by atoms with Crippen LogP contribution in [0.1, 0.15) is 15.9 Å². The van der Waals surface area contributed by atoms with E-state index in [0.29, 0.717) is 0 Å². The Hall–Kier alpha value is -2.76. The van der Waals surface area contributed by atoms with E-state index in [0.717, 1.165) is 28.3 Å². The van der Waals surface area contributed by atoms with Gasteiger partial charge in [0.05, 0.1) is 18.9 Å². The van der Waals surface area contributed by atoms with E-state index in [1.54, 1.807) is 31.4 Å². The largest absolute Gasteiger partial charge is 0.497 e. The van der Waals surface area contributed by atoms with Gasteiger partial charge in [-0.1, -0.05) is 12.1 Å². The van der Waals surface area contributed by atoms with Crippen molar-refractivity contribution in [3.63, 3.8) is 0 Å². The van der Waals surface area contributed by atoms with Crippen molar-refractivity contribution < 1.29 is 19.5 Å². The zero-order valence-corrected chi connectivity index (χ0v) is 10.8. The van der Waals surface area contributed by atoms with Crippen LogP contribution in [0.15, 0.2) is 47.4 Å². The normalized spacial score (nSPS) is 10.1. The molecule has 0 aliphatic carbocycles. The lowest BCUT2D eigenvalue weighted by Crippen LogP contribution is -2.26. The molecular formula is C14H13NO5. The molecule has 1 heterocycles. The van der Waals surface area contributed by atoms with Gasteiger partial charge in [0, 0.05) is 6.07 Å². The van der Waals surface area contributed by atoms with E-state index >= 15 is 0 Å². The fraction of sp³-hybridized carbons (Fsp3) is 0.143. The van der Waals surface area contributed by atoms with Crippen LogP contribution in [-0.2, 0) is 6.61 Å². The number of carboxylic acid groups (broad SMARTS) is 1. The van der Waals surface area contributed by atoms with Crippen LogP contribution in [-0.4, -0.2) is 22.9 Å². The van der Waals surface area contributed by atoms with Crippen LogP contribution in [0.4, 0.5) is 0 Å². The van der Waals surface area contributed by atoms with Gasteiger partial charge in [0.1, 0.15) is 12.4 Å². The van der Waals surface area contributed by atoms with Gasteiger partial charge in [0.15, 0.2) is 0 Å². The van der Waals surface area contributed by atoms with Crippen molar-refractivity contribution in [2.75, 3.05) is 7.11 Å². The zero-order valence-electron chi connectivity index (χ0n) is 10.8. The van der Waals surface area contributed by atoms with Crippen molar-refractivity contribution in [3.8, 4) is 5.75 Å². The summed E-state index contributed by atoms with van der Waals surface area (Å²) in [5.74, 6) is -0.398. The summed E-state index contributed by atoms with van der Waals surface area (Å²) in [6, 6.07) is 9.52. The molecule has 20 heavy (non-hydrogen) atoms. The topological polar surface area (TPSA) is 77.8 Å². The summed E-state index contributed by atoms with van der Waals surface area (Å²) in [6.45, 7) is 0.146. The number of aromatic nitrogens is 1. The number of methoxy groups -OCH3 is 1. The quantitative estimate of drug-likeness (QED) is 0.886. The molecule has 0 amide bonds. The molecule has 0 spiro atoms. The standard InChI is InChI=1S/C14H13NO5/c1-19-12-5-2-10(3-6-12)9-20-15-8-11(14(17)18)4-7-13(15)16/h2-8H,9H2,1H3,(H,17,18). The molecule has 1 aromatic heterocycles. The molecule has 0 saturated carbocycles. The molecule has 0 saturated heterocycles. The van der Waals surface area contributed by atoms with E-state index in [1.807, 2.05) is 0 Å². The van der Waals surface area contributed by atoms with Crippen LogP contribution in [0.2, 0.25) is 0 Å². The number of pyridine rings is 1. The predicted octanol–water partition coefficient (Wildman–Crippen LogP) is 1.18. The maximum absolute atomic E-state index is 11.5. The first-order chi connectivity index (χ1) is 9.60. The smallest absolute Gasteiger partial charge is 0.337 e. The molecule has 0 atom stereocenters. The molecule has 6 heteroatoms. The second-order valence-electron chi connectivity index (χ2n) is 4.01. The maximum atomic E-state index is 11.5. The number of nitrogens with zero attached hydrogens (tertiary/aromatic N) is 1. The molecule has 0 fully saturated rings. The molecule has 0 aliphatic heterocycles. The van der Waals surface area contributed by atoms with Gasteiger partial charge in [-0.15, -0.1) is 0 Å². The molecule has 0 unspecified atom stereocenters. The van der Waals surface area contributed by atoms with Crippen LogP contribution < -0.4 is 15.1 Å². The van der Waals surface area contributed by atoms with Gasteiger partial charge in [-0.2, -0.15) is 4.73 Å². The average molecular weight is 275 g/mol. The summed E-state index contributed by atoms with van der Waals surface area (Å²) in [4.78, 5) is 27.7.